The number of amides is 1. The summed E-state index contributed by atoms with van der Waals surface area (Å²) in [4.78, 5) is 12.2. The minimum atomic E-state index is -0.482. The van der Waals surface area contributed by atoms with Crippen molar-refractivity contribution < 1.29 is 9.53 Å². The summed E-state index contributed by atoms with van der Waals surface area (Å²) in [6.45, 7) is 0.422. The largest absolute Gasteiger partial charge is 0.364 e. The molecule has 1 aromatic carbocycles. The smallest absolute Gasteiger partial charge is 0.254 e. The van der Waals surface area contributed by atoms with E-state index in [0.717, 1.165) is 12.0 Å². The molecule has 8 heteroatoms. The highest BCUT2D eigenvalue weighted by Crippen LogP contribution is 2.27. The van der Waals surface area contributed by atoms with Crippen molar-refractivity contribution in [3.8, 4) is 11.3 Å². The highest BCUT2D eigenvalue weighted by atomic mass is 35.5. The fourth-order valence-corrected chi connectivity index (χ4v) is 3.05. The maximum Gasteiger partial charge on any atom is 0.254 e. The summed E-state index contributed by atoms with van der Waals surface area (Å²) in [5, 5.41) is 10.7. The van der Waals surface area contributed by atoms with Gasteiger partial charge in [0.2, 0.25) is 0 Å². The minimum Gasteiger partial charge on any atom is -0.364 e. The number of carbonyl (C=O) groups excluding carboxylic acids is 1. The lowest BCUT2D eigenvalue weighted by Crippen LogP contribution is -2.29. The van der Waals surface area contributed by atoms with Crippen molar-refractivity contribution in [2.24, 2.45) is 5.73 Å². The number of nitrogens with two attached hydrogens (primary N) is 1. The Morgan fingerprint density at radius 2 is 2.04 bits per heavy atom. The van der Waals surface area contributed by atoms with Crippen molar-refractivity contribution >= 4 is 34.9 Å². The maximum absolute atomic E-state index is 12.2. The predicted molar refractivity (Wildman–Crippen MR) is 89.6 cm³/mol. The average Bonchev–Trinajstić information content (AvgIpc) is 3.15. The second kappa shape index (κ2) is 6.88. The Kier molecular flexibility index (Phi) is 4.87. The van der Waals surface area contributed by atoms with Crippen molar-refractivity contribution in [2.75, 3.05) is 11.9 Å². The summed E-state index contributed by atoms with van der Waals surface area (Å²) in [5.41, 5.74) is 7.04. The molecule has 1 aliphatic rings. The molecule has 122 valence electrons. The van der Waals surface area contributed by atoms with Crippen LogP contribution in [-0.2, 0) is 9.53 Å². The second-order valence-corrected chi connectivity index (χ2v) is 6.25. The van der Waals surface area contributed by atoms with Crippen LogP contribution in [0, 0.1) is 0 Å². The lowest BCUT2D eigenvalue weighted by Gasteiger charge is -2.11. The van der Waals surface area contributed by atoms with Gasteiger partial charge in [-0.15, -0.1) is 0 Å². The van der Waals surface area contributed by atoms with E-state index >= 15 is 0 Å². The third kappa shape index (κ3) is 3.84. The molecule has 2 heterocycles. The summed E-state index contributed by atoms with van der Waals surface area (Å²) < 4.78 is 5.56. The first-order valence-electron chi connectivity index (χ1n) is 7.23. The normalized spacial score (nSPS) is 20.7. The number of nitrogens with one attached hydrogen (secondary N) is 2. The molecule has 4 N–H and O–H groups in total. The Labute approximate surface area is 143 Å². The zero-order chi connectivity index (χ0) is 16.4. The number of aromatic nitrogens is 2. The van der Waals surface area contributed by atoms with Gasteiger partial charge in [0.1, 0.15) is 6.10 Å². The second-order valence-electron chi connectivity index (χ2n) is 5.37. The molecule has 1 saturated heterocycles. The topological polar surface area (TPSA) is 93.0 Å². The first kappa shape index (κ1) is 16.3. The standard InChI is InChI=1S/C15H16Cl2N4O2/c16-9-3-8(4-10(17)5-9)12-6-14(21-20-12)19-15(22)13-2-1-11(7-18)23-13/h3-6,11,13H,1-2,7,18H2,(H2,19,20,21,22)/t11-,13+/m1/s1. The van der Waals surface area contributed by atoms with Gasteiger partial charge in [-0.05, 0) is 31.0 Å². The van der Waals surface area contributed by atoms with E-state index in [-0.39, 0.29) is 12.0 Å². The zero-order valence-electron chi connectivity index (χ0n) is 12.2. The number of hydrogen-bond donors (Lipinski definition) is 3. The lowest BCUT2D eigenvalue weighted by molar-refractivity contribution is -0.126. The fourth-order valence-electron chi connectivity index (χ4n) is 2.52. The van der Waals surface area contributed by atoms with E-state index in [1.807, 2.05) is 0 Å². The summed E-state index contributed by atoms with van der Waals surface area (Å²) >= 11 is 12.0. The Balaban J connectivity index is 1.69. The van der Waals surface area contributed by atoms with Crippen LogP contribution in [0.1, 0.15) is 12.8 Å². The van der Waals surface area contributed by atoms with E-state index in [0.29, 0.717) is 34.5 Å². The van der Waals surface area contributed by atoms with E-state index in [1.54, 1.807) is 24.3 Å². The number of hydrogen-bond acceptors (Lipinski definition) is 4. The molecule has 3 rings (SSSR count). The number of carbonyl (C=O) groups is 1. The van der Waals surface area contributed by atoms with Gasteiger partial charge in [0.15, 0.2) is 5.82 Å². The zero-order valence-corrected chi connectivity index (χ0v) is 13.7. The van der Waals surface area contributed by atoms with Gasteiger partial charge in [0.25, 0.3) is 5.91 Å². The summed E-state index contributed by atoms with van der Waals surface area (Å²) in [6.07, 6.45) is 0.925. The van der Waals surface area contributed by atoms with Crippen LogP contribution in [0.25, 0.3) is 11.3 Å². The number of anilines is 1. The third-order valence-electron chi connectivity index (χ3n) is 3.67. The Morgan fingerprint density at radius 1 is 1.30 bits per heavy atom. The number of H-pyrrole nitrogens is 1. The quantitative estimate of drug-likeness (QED) is 0.786. The minimum absolute atomic E-state index is 0.0471. The monoisotopic (exact) mass is 354 g/mol. The van der Waals surface area contributed by atoms with Crippen LogP contribution < -0.4 is 11.1 Å². The van der Waals surface area contributed by atoms with Gasteiger partial charge in [-0.25, -0.2) is 0 Å². The molecule has 6 nitrogen and oxygen atoms in total. The van der Waals surface area contributed by atoms with Crippen molar-refractivity contribution in [3.63, 3.8) is 0 Å². The fraction of sp³-hybridized carbons (Fsp3) is 0.333. The molecule has 0 radical (unpaired) electrons. The average molecular weight is 355 g/mol. The van der Waals surface area contributed by atoms with E-state index < -0.39 is 6.10 Å². The molecule has 1 aromatic heterocycles. The van der Waals surface area contributed by atoms with Gasteiger partial charge in [-0.1, -0.05) is 23.2 Å². The molecule has 0 bridgehead atoms. The number of benzene rings is 1. The van der Waals surface area contributed by atoms with Crippen LogP contribution in [0.3, 0.4) is 0 Å². The molecule has 0 unspecified atom stereocenters. The molecular formula is C15H16Cl2N4O2. The molecule has 1 fully saturated rings. The van der Waals surface area contributed by atoms with Crippen molar-refractivity contribution in [2.45, 2.75) is 25.0 Å². The Hall–Kier alpha value is -1.60. The van der Waals surface area contributed by atoms with Gasteiger partial charge < -0.3 is 15.8 Å². The molecule has 0 aliphatic carbocycles. The number of aromatic amines is 1. The lowest BCUT2D eigenvalue weighted by atomic mass is 10.1. The summed E-state index contributed by atoms with van der Waals surface area (Å²) in [5.74, 6) is 0.198. The van der Waals surface area contributed by atoms with Gasteiger partial charge in [-0.3, -0.25) is 9.89 Å². The van der Waals surface area contributed by atoms with Gasteiger partial charge in [0.05, 0.1) is 11.8 Å². The molecule has 0 saturated carbocycles. The number of rotatable bonds is 4. The van der Waals surface area contributed by atoms with Gasteiger partial charge in [-0.2, -0.15) is 5.10 Å². The Bertz CT molecular complexity index is 699. The van der Waals surface area contributed by atoms with Crippen LogP contribution >= 0.6 is 23.2 Å². The van der Waals surface area contributed by atoms with Crippen molar-refractivity contribution in [1.82, 2.24) is 10.2 Å². The van der Waals surface area contributed by atoms with Gasteiger partial charge >= 0.3 is 0 Å². The van der Waals surface area contributed by atoms with Crippen molar-refractivity contribution in [1.29, 1.82) is 0 Å². The van der Waals surface area contributed by atoms with E-state index in [9.17, 15) is 4.79 Å². The molecular weight excluding hydrogens is 339 g/mol. The molecule has 1 amide bonds. The van der Waals surface area contributed by atoms with Gasteiger partial charge in [0, 0.05) is 28.2 Å². The van der Waals surface area contributed by atoms with Crippen LogP contribution in [0.4, 0.5) is 5.82 Å². The predicted octanol–water partition coefficient (Wildman–Crippen LogP) is 2.83. The summed E-state index contributed by atoms with van der Waals surface area (Å²) in [6, 6.07) is 6.89. The van der Waals surface area contributed by atoms with E-state index in [4.69, 9.17) is 33.7 Å². The maximum atomic E-state index is 12.2. The molecule has 2 atom stereocenters. The molecule has 2 aromatic rings. The van der Waals surface area contributed by atoms with Crippen molar-refractivity contribution in [3.05, 3.63) is 34.3 Å². The highest BCUT2D eigenvalue weighted by Gasteiger charge is 2.30. The first-order chi connectivity index (χ1) is 11.0. The van der Waals surface area contributed by atoms with Crippen LogP contribution in [-0.4, -0.2) is 34.9 Å². The van der Waals surface area contributed by atoms with E-state index in [1.165, 1.54) is 0 Å². The third-order valence-corrected chi connectivity index (χ3v) is 4.10. The highest BCUT2D eigenvalue weighted by molar-refractivity contribution is 6.35. The summed E-state index contributed by atoms with van der Waals surface area (Å²) in [7, 11) is 0. The molecule has 1 aliphatic heterocycles. The first-order valence-corrected chi connectivity index (χ1v) is 7.99. The van der Waals surface area contributed by atoms with E-state index in [2.05, 4.69) is 15.5 Å². The molecule has 0 spiro atoms. The number of halogens is 2. The van der Waals surface area contributed by atoms with Crippen LogP contribution in [0.15, 0.2) is 24.3 Å². The molecule has 23 heavy (non-hydrogen) atoms. The van der Waals surface area contributed by atoms with Crippen LogP contribution in [0.2, 0.25) is 10.0 Å². The number of ether oxygens (including phenoxy) is 1. The SMILES string of the molecule is NC[C@H]1CC[C@@H](C(=O)Nc2cc(-c3cc(Cl)cc(Cl)c3)[nH]n2)O1. The Morgan fingerprint density at radius 3 is 2.70 bits per heavy atom. The van der Waals surface area contributed by atoms with Crippen LogP contribution in [0.5, 0.6) is 0 Å². The number of nitrogens with zero attached hydrogens (tertiary/aromatic N) is 1.